The lowest BCUT2D eigenvalue weighted by Crippen LogP contribution is -2.28. The van der Waals surface area contributed by atoms with Crippen LogP contribution < -0.4 is 5.32 Å². The molecular formula is C12H25NO. The molecule has 0 bridgehead atoms. The molecule has 14 heavy (non-hydrogen) atoms. The molecule has 2 nitrogen and oxygen atoms in total. The second-order valence-corrected chi connectivity index (χ2v) is 4.62. The lowest BCUT2D eigenvalue weighted by Gasteiger charge is -2.19. The average molecular weight is 199 g/mol. The van der Waals surface area contributed by atoms with Crippen molar-refractivity contribution < 1.29 is 4.74 Å². The SMILES string of the molecule is CNC(C)C(C)CCCC1CCCO1. The predicted molar refractivity (Wildman–Crippen MR) is 60.5 cm³/mol. The van der Waals surface area contributed by atoms with Crippen molar-refractivity contribution in [2.24, 2.45) is 5.92 Å². The lowest BCUT2D eigenvalue weighted by atomic mass is 9.96. The van der Waals surface area contributed by atoms with Gasteiger partial charge in [0.05, 0.1) is 6.10 Å². The molecule has 1 aliphatic rings. The maximum Gasteiger partial charge on any atom is 0.0576 e. The number of hydrogen-bond acceptors (Lipinski definition) is 2. The summed E-state index contributed by atoms with van der Waals surface area (Å²) in [6.07, 6.45) is 7.04. The molecule has 84 valence electrons. The molecule has 0 amide bonds. The van der Waals surface area contributed by atoms with Gasteiger partial charge in [-0.05, 0) is 45.6 Å². The Morgan fingerprint density at radius 1 is 1.43 bits per heavy atom. The summed E-state index contributed by atoms with van der Waals surface area (Å²) in [6, 6.07) is 0.638. The van der Waals surface area contributed by atoms with E-state index in [1.807, 2.05) is 7.05 Å². The number of nitrogens with one attached hydrogen (secondary N) is 1. The molecule has 1 heterocycles. The zero-order valence-corrected chi connectivity index (χ0v) is 9.88. The van der Waals surface area contributed by atoms with E-state index in [2.05, 4.69) is 19.2 Å². The van der Waals surface area contributed by atoms with Crippen LogP contribution in [0.3, 0.4) is 0 Å². The Morgan fingerprint density at radius 2 is 2.21 bits per heavy atom. The van der Waals surface area contributed by atoms with Crippen molar-refractivity contribution in [1.82, 2.24) is 5.32 Å². The zero-order chi connectivity index (χ0) is 10.4. The molecule has 0 aromatic carbocycles. The Morgan fingerprint density at radius 3 is 2.79 bits per heavy atom. The highest BCUT2D eigenvalue weighted by molar-refractivity contribution is 4.69. The summed E-state index contributed by atoms with van der Waals surface area (Å²) in [5.74, 6) is 0.779. The third-order valence-electron chi connectivity index (χ3n) is 3.52. The fraction of sp³-hybridized carbons (Fsp3) is 1.00. The zero-order valence-electron chi connectivity index (χ0n) is 9.88. The summed E-state index contributed by atoms with van der Waals surface area (Å²) in [4.78, 5) is 0. The second kappa shape index (κ2) is 6.41. The summed E-state index contributed by atoms with van der Waals surface area (Å²) >= 11 is 0. The van der Waals surface area contributed by atoms with Gasteiger partial charge in [0.1, 0.15) is 0 Å². The van der Waals surface area contributed by atoms with Gasteiger partial charge in [0.2, 0.25) is 0 Å². The van der Waals surface area contributed by atoms with Crippen LogP contribution in [-0.4, -0.2) is 25.8 Å². The molecule has 3 unspecified atom stereocenters. The van der Waals surface area contributed by atoms with Gasteiger partial charge in [-0.15, -0.1) is 0 Å². The van der Waals surface area contributed by atoms with E-state index in [0.717, 1.165) is 12.5 Å². The van der Waals surface area contributed by atoms with Crippen molar-refractivity contribution in [3.8, 4) is 0 Å². The highest BCUT2D eigenvalue weighted by Crippen LogP contribution is 2.20. The average Bonchev–Trinajstić information content (AvgIpc) is 2.69. The van der Waals surface area contributed by atoms with E-state index in [1.54, 1.807) is 0 Å². The highest BCUT2D eigenvalue weighted by Gasteiger charge is 2.16. The predicted octanol–water partition coefficient (Wildman–Crippen LogP) is 2.58. The van der Waals surface area contributed by atoms with Gasteiger partial charge in [0, 0.05) is 12.6 Å². The van der Waals surface area contributed by atoms with Crippen molar-refractivity contribution in [2.45, 2.75) is 58.1 Å². The first-order valence-corrected chi connectivity index (χ1v) is 6.03. The molecule has 0 saturated carbocycles. The Balaban J connectivity index is 2.02. The standard InChI is InChI=1S/C12H25NO/c1-10(11(2)13-3)6-4-7-12-8-5-9-14-12/h10-13H,4-9H2,1-3H3. The summed E-state index contributed by atoms with van der Waals surface area (Å²) in [5, 5.41) is 3.31. The minimum Gasteiger partial charge on any atom is -0.378 e. The van der Waals surface area contributed by atoms with E-state index in [0.29, 0.717) is 12.1 Å². The largest absolute Gasteiger partial charge is 0.378 e. The van der Waals surface area contributed by atoms with E-state index in [4.69, 9.17) is 4.74 Å². The molecule has 0 aromatic heterocycles. The van der Waals surface area contributed by atoms with Gasteiger partial charge in [-0.1, -0.05) is 13.3 Å². The van der Waals surface area contributed by atoms with Crippen LogP contribution in [0.5, 0.6) is 0 Å². The van der Waals surface area contributed by atoms with Crippen molar-refractivity contribution in [3.63, 3.8) is 0 Å². The molecule has 1 fully saturated rings. The van der Waals surface area contributed by atoms with Crippen LogP contribution in [0, 0.1) is 5.92 Å². The first-order valence-electron chi connectivity index (χ1n) is 6.03. The van der Waals surface area contributed by atoms with Crippen LogP contribution in [0.4, 0.5) is 0 Å². The molecule has 2 heteroatoms. The fourth-order valence-electron chi connectivity index (χ4n) is 2.07. The van der Waals surface area contributed by atoms with Gasteiger partial charge >= 0.3 is 0 Å². The van der Waals surface area contributed by atoms with Crippen LogP contribution >= 0.6 is 0 Å². The van der Waals surface area contributed by atoms with Crippen molar-refractivity contribution in [2.75, 3.05) is 13.7 Å². The molecule has 0 aromatic rings. The van der Waals surface area contributed by atoms with Gasteiger partial charge in [0.25, 0.3) is 0 Å². The first kappa shape index (κ1) is 12.0. The monoisotopic (exact) mass is 199 g/mol. The maximum atomic E-state index is 5.61. The lowest BCUT2D eigenvalue weighted by molar-refractivity contribution is 0.100. The molecule has 1 N–H and O–H groups in total. The smallest absolute Gasteiger partial charge is 0.0576 e. The van der Waals surface area contributed by atoms with Crippen LogP contribution in [0.1, 0.15) is 46.0 Å². The quantitative estimate of drug-likeness (QED) is 0.710. The van der Waals surface area contributed by atoms with Gasteiger partial charge in [-0.25, -0.2) is 0 Å². The van der Waals surface area contributed by atoms with Crippen LogP contribution in [0.15, 0.2) is 0 Å². The summed E-state index contributed by atoms with van der Waals surface area (Å²) < 4.78 is 5.61. The number of hydrogen-bond donors (Lipinski definition) is 1. The van der Waals surface area contributed by atoms with Crippen LogP contribution in [-0.2, 0) is 4.74 Å². The molecule has 1 rings (SSSR count). The van der Waals surface area contributed by atoms with Gasteiger partial charge in [-0.3, -0.25) is 0 Å². The fourth-order valence-corrected chi connectivity index (χ4v) is 2.07. The van der Waals surface area contributed by atoms with Crippen molar-refractivity contribution in [3.05, 3.63) is 0 Å². The molecule has 3 atom stereocenters. The second-order valence-electron chi connectivity index (χ2n) is 4.62. The molecule has 0 spiro atoms. The third-order valence-corrected chi connectivity index (χ3v) is 3.52. The van der Waals surface area contributed by atoms with E-state index >= 15 is 0 Å². The topological polar surface area (TPSA) is 21.3 Å². The van der Waals surface area contributed by atoms with Crippen LogP contribution in [0.25, 0.3) is 0 Å². The molecule has 0 radical (unpaired) electrons. The maximum absolute atomic E-state index is 5.61. The Bertz CT molecular complexity index is 143. The molecule has 1 aliphatic heterocycles. The number of ether oxygens (including phenoxy) is 1. The van der Waals surface area contributed by atoms with Gasteiger partial charge < -0.3 is 10.1 Å². The molecular weight excluding hydrogens is 174 g/mol. The minimum absolute atomic E-state index is 0.576. The minimum atomic E-state index is 0.576. The summed E-state index contributed by atoms with van der Waals surface area (Å²) in [6.45, 7) is 5.58. The van der Waals surface area contributed by atoms with Crippen molar-refractivity contribution >= 4 is 0 Å². The summed E-state index contributed by atoms with van der Waals surface area (Å²) in [5.41, 5.74) is 0. The Kier molecular flexibility index (Phi) is 5.49. The van der Waals surface area contributed by atoms with E-state index in [1.165, 1.54) is 32.1 Å². The normalized spacial score (nSPS) is 26.4. The highest BCUT2D eigenvalue weighted by atomic mass is 16.5. The third kappa shape index (κ3) is 3.97. The van der Waals surface area contributed by atoms with E-state index in [9.17, 15) is 0 Å². The first-order chi connectivity index (χ1) is 6.74. The van der Waals surface area contributed by atoms with E-state index in [-0.39, 0.29) is 0 Å². The molecule has 1 saturated heterocycles. The van der Waals surface area contributed by atoms with Gasteiger partial charge in [-0.2, -0.15) is 0 Å². The van der Waals surface area contributed by atoms with Crippen LogP contribution in [0.2, 0.25) is 0 Å². The summed E-state index contributed by atoms with van der Waals surface area (Å²) in [7, 11) is 2.04. The van der Waals surface area contributed by atoms with E-state index < -0.39 is 0 Å². The Labute approximate surface area is 88.4 Å². The molecule has 0 aliphatic carbocycles. The van der Waals surface area contributed by atoms with Gasteiger partial charge in [0.15, 0.2) is 0 Å². The Hall–Kier alpha value is -0.0800. The van der Waals surface area contributed by atoms with Crippen molar-refractivity contribution in [1.29, 1.82) is 0 Å². The number of rotatable bonds is 6.